The zero-order chi connectivity index (χ0) is 25.5. The van der Waals surface area contributed by atoms with Crippen molar-refractivity contribution in [1.29, 1.82) is 0 Å². The van der Waals surface area contributed by atoms with Crippen molar-refractivity contribution >= 4 is 16.7 Å². The van der Waals surface area contributed by atoms with Crippen molar-refractivity contribution in [1.82, 2.24) is 34.3 Å². The van der Waals surface area contributed by atoms with Crippen LogP contribution in [0.2, 0.25) is 0 Å². The Morgan fingerprint density at radius 2 is 1.74 bits per heavy atom. The minimum Gasteiger partial charge on any atom is -0.349 e. The van der Waals surface area contributed by atoms with Gasteiger partial charge in [0.2, 0.25) is 0 Å². The highest BCUT2D eigenvalue weighted by Gasteiger charge is 2.34. The van der Waals surface area contributed by atoms with Gasteiger partial charge in [-0.3, -0.25) is 4.57 Å². The number of aromatic nitrogens is 7. The van der Waals surface area contributed by atoms with E-state index in [-0.39, 0.29) is 33.1 Å². The Morgan fingerprint density at radius 3 is 2.37 bits per heavy atom. The predicted octanol–water partition coefficient (Wildman–Crippen LogP) is 3.55. The third-order valence-corrected chi connectivity index (χ3v) is 5.23. The second-order valence-electron chi connectivity index (χ2n) is 7.51. The van der Waals surface area contributed by atoms with Crippen LogP contribution in [0.4, 0.5) is 32.2 Å². The van der Waals surface area contributed by atoms with Crippen molar-refractivity contribution in [2.45, 2.75) is 31.9 Å². The highest BCUT2D eigenvalue weighted by molar-refractivity contribution is 5.90. The molecule has 15 heteroatoms. The molecule has 0 saturated heterocycles. The smallest absolute Gasteiger partial charge is 0.349 e. The first-order valence-electron chi connectivity index (χ1n) is 9.95. The van der Waals surface area contributed by atoms with E-state index in [9.17, 15) is 31.1 Å². The van der Waals surface area contributed by atoms with E-state index in [0.29, 0.717) is 12.1 Å². The average molecular weight is 498 g/mol. The number of alkyl halides is 6. The molecule has 0 spiro atoms. The Balaban J connectivity index is 1.88. The number of rotatable bonds is 5. The molecule has 3 heterocycles. The maximum atomic E-state index is 13.4. The van der Waals surface area contributed by atoms with Crippen molar-refractivity contribution < 1.29 is 26.3 Å². The predicted molar refractivity (Wildman–Crippen MR) is 111 cm³/mol. The molecule has 35 heavy (non-hydrogen) atoms. The van der Waals surface area contributed by atoms with Gasteiger partial charge in [0, 0.05) is 24.8 Å². The van der Waals surface area contributed by atoms with Crippen LogP contribution < -0.4 is 10.6 Å². The number of benzene rings is 1. The molecule has 184 valence electrons. The molecule has 0 aliphatic heterocycles. The second kappa shape index (κ2) is 8.63. The largest absolute Gasteiger partial charge is 0.416 e. The van der Waals surface area contributed by atoms with Gasteiger partial charge in [-0.15, -0.1) is 0 Å². The summed E-state index contributed by atoms with van der Waals surface area (Å²) >= 11 is 0. The average Bonchev–Trinajstić information content (AvgIpc) is 3.28. The number of hydrogen-bond donors (Lipinski definition) is 0. The minimum absolute atomic E-state index is 0.165. The van der Waals surface area contributed by atoms with E-state index in [0.717, 1.165) is 6.07 Å². The molecule has 9 nitrogen and oxygen atoms in total. The van der Waals surface area contributed by atoms with E-state index >= 15 is 0 Å². The molecule has 0 N–H and O–H groups in total. The summed E-state index contributed by atoms with van der Waals surface area (Å²) in [6, 6.07) is 2.93. The fourth-order valence-corrected chi connectivity index (χ4v) is 3.49. The zero-order valence-corrected chi connectivity index (χ0v) is 18.1. The lowest BCUT2D eigenvalue weighted by Gasteiger charge is -2.27. The van der Waals surface area contributed by atoms with Crippen molar-refractivity contribution in [3.05, 3.63) is 64.9 Å². The summed E-state index contributed by atoms with van der Waals surface area (Å²) in [4.78, 5) is 29.9. The summed E-state index contributed by atoms with van der Waals surface area (Å²) in [5, 5.41) is 3.77. The Kier molecular flexibility index (Phi) is 5.94. The van der Waals surface area contributed by atoms with E-state index in [1.165, 1.54) is 35.4 Å². The van der Waals surface area contributed by atoms with Crippen LogP contribution in [0.25, 0.3) is 16.9 Å². The van der Waals surface area contributed by atoms with Crippen LogP contribution in [0.5, 0.6) is 0 Å². The van der Waals surface area contributed by atoms with Crippen LogP contribution in [0, 0.1) is 0 Å². The highest BCUT2D eigenvalue weighted by atomic mass is 19.4. The van der Waals surface area contributed by atoms with E-state index in [4.69, 9.17) is 0 Å². The lowest BCUT2D eigenvalue weighted by molar-refractivity contribution is -0.141. The molecule has 0 aliphatic carbocycles. The van der Waals surface area contributed by atoms with Gasteiger partial charge < -0.3 is 4.90 Å². The first-order chi connectivity index (χ1) is 16.4. The van der Waals surface area contributed by atoms with Gasteiger partial charge in [0.25, 0.3) is 5.95 Å². The maximum Gasteiger partial charge on any atom is 0.416 e. The summed E-state index contributed by atoms with van der Waals surface area (Å²) in [5.74, 6) is 0.156. The van der Waals surface area contributed by atoms with Crippen LogP contribution in [-0.2, 0) is 12.7 Å². The molecular weight excluding hydrogens is 482 g/mol. The van der Waals surface area contributed by atoms with Crippen LogP contribution in [0.15, 0.2) is 47.8 Å². The van der Waals surface area contributed by atoms with Gasteiger partial charge in [0.15, 0.2) is 5.82 Å². The molecule has 0 aliphatic rings. The zero-order valence-electron chi connectivity index (χ0n) is 18.1. The topological polar surface area (TPSA) is 94.6 Å². The molecule has 0 amide bonds. The quantitative estimate of drug-likeness (QED) is 0.389. The van der Waals surface area contributed by atoms with Crippen molar-refractivity contribution in [2.75, 3.05) is 11.9 Å². The molecule has 0 radical (unpaired) electrons. The van der Waals surface area contributed by atoms with Gasteiger partial charge in [-0.05, 0) is 31.2 Å². The lowest BCUT2D eigenvalue weighted by Crippen LogP contribution is -2.34. The molecular formula is C20H16F6N8O. The number of fused-ring (bicyclic) bond motifs is 1. The third-order valence-electron chi connectivity index (χ3n) is 5.23. The molecule has 1 atom stereocenters. The fourth-order valence-electron chi connectivity index (χ4n) is 3.49. The Morgan fingerprint density at radius 1 is 1.06 bits per heavy atom. The van der Waals surface area contributed by atoms with Crippen molar-refractivity contribution in [2.24, 2.45) is 0 Å². The summed E-state index contributed by atoms with van der Waals surface area (Å²) in [6.07, 6.45) is -5.42. The standard InChI is InChI=1S/C20H16F6N8O/c1-11(15-29-10-30-34(15)17-27-6-3-7-28-17)32(2)16-13-8-12(20(24,25)26)4-5-14(13)33(18(35)31-16)9-19(21,22)23/h3-8,10-11H,9H2,1-2H3. The normalized spacial score (nSPS) is 13.3. The molecule has 0 fully saturated rings. The Labute approximate surface area is 192 Å². The first kappa shape index (κ1) is 24.1. The van der Waals surface area contributed by atoms with Gasteiger partial charge in [-0.1, -0.05) is 0 Å². The monoisotopic (exact) mass is 498 g/mol. The van der Waals surface area contributed by atoms with E-state index < -0.39 is 36.2 Å². The Bertz CT molecular complexity index is 1410. The molecule has 4 rings (SSSR count). The molecule has 4 aromatic rings. The Hall–Kier alpha value is -4.04. The second-order valence-corrected chi connectivity index (χ2v) is 7.51. The maximum absolute atomic E-state index is 13.4. The van der Waals surface area contributed by atoms with Crippen LogP contribution in [-0.4, -0.2) is 47.5 Å². The summed E-state index contributed by atoms with van der Waals surface area (Å²) < 4.78 is 81.1. The van der Waals surface area contributed by atoms with Crippen molar-refractivity contribution in [3.63, 3.8) is 0 Å². The van der Waals surface area contributed by atoms with E-state index in [2.05, 4.69) is 25.0 Å². The lowest BCUT2D eigenvalue weighted by atomic mass is 10.1. The number of hydrogen-bond acceptors (Lipinski definition) is 7. The molecule has 0 saturated carbocycles. The van der Waals surface area contributed by atoms with Gasteiger partial charge in [0.05, 0.1) is 17.1 Å². The van der Waals surface area contributed by atoms with Gasteiger partial charge in [-0.25, -0.2) is 19.7 Å². The molecule has 3 aromatic heterocycles. The summed E-state index contributed by atoms with van der Waals surface area (Å²) in [6.45, 7) is -0.105. The van der Waals surface area contributed by atoms with Gasteiger partial charge >= 0.3 is 18.0 Å². The summed E-state index contributed by atoms with van der Waals surface area (Å²) in [5.41, 5.74) is -2.72. The van der Waals surface area contributed by atoms with Crippen LogP contribution in [0.3, 0.4) is 0 Å². The molecule has 0 bridgehead atoms. The fraction of sp³-hybridized carbons (Fsp3) is 0.300. The van der Waals surface area contributed by atoms with Gasteiger partial charge in [-0.2, -0.15) is 41.1 Å². The summed E-state index contributed by atoms with van der Waals surface area (Å²) in [7, 11) is 1.42. The number of halogens is 6. The molecule has 1 aromatic carbocycles. The number of nitrogens with zero attached hydrogens (tertiary/aromatic N) is 8. The highest BCUT2D eigenvalue weighted by Crippen LogP contribution is 2.35. The molecule has 1 unspecified atom stereocenters. The number of anilines is 1. The third kappa shape index (κ3) is 4.79. The minimum atomic E-state index is -4.80. The van der Waals surface area contributed by atoms with Gasteiger partial charge in [0.1, 0.15) is 18.7 Å². The van der Waals surface area contributed by atoms with Crippen molar-refractivity contribution in [3.8, 4) is 5.95 Å². The van der Waals surface area contributed by atoms with E-state index in [1.807, 2.05) is 0 Å². The SMILES string of the molecule is CC(c1ncnn1-c1ncccn1)N(C)c1nc(=O)n(CC(F)(F)F)c2ccc(C(F)(F)F)cc12. The first-order valence-corrected chi connectivity index (χ1v) is 9.95. The van der Waals surface area contributed by atoms with E-state index in [1.54, 1.807) is 13.0 Å². The van der Waals surface area contributed by atoms with Crippen LogP contribution >= 0.6 is 0 Å². The van der Waals surface area contributed by atoms with Crippen LogP contribution in [0.1, 0.15) is 24.4 Å².